The van der Waals surface area contributed by atoms with Gasteiger partial charge in [-0.2, -0.15) is 0 Å². The average Bonchev–Trinajstić information content (AvgIpc) is 2.48. The number of benzene rings is 1. The molecule has 0 aromatic heterocycles. The normalized spacial score (nSPS) is 17.5. The highest BCUT2D eigenvalue weighted by atomic mass is 35.5. The van der Waals surface area contributed by atoms with Gasteiger partial charge in [-0.15, -0.1) is 12.4 Å². The van der Waals surface area contributed by atoms with Crippen LogP contribution < -0.4 is 10.6 Å². The van der Waals surface area contributed by atoms with Gasteiger partial charge in [0.05, 0.1) is 18.8 Å². The van der Waals surface area contributed by atoms with Gasteiger partial charge >= 0.3 is 5.97 Å². The zero-order valence-corrected chi connectivity index (χ0v) is 12.6. The third-order valence-corrected chi connectivity index (χ3v) is 2.86. The molecule has 116 valence electrons. The highest BCUT2D eigenvalue weighted by molar-refractivity contribution is 5.96. The number of amides is 1. The summed E-state index contributed by atoms with van der Waals surface area (Å²) in [5, 5.41) is 5.83. The van der Waals surface area contributed by atoms with Crippen molar-refractivity contribution in [3.8, 4) is 0 Å². The fraction of sp³-hybridized carbons (Fsp3) is 0.429. The van der Waals surface area contributed by atoms with Crippen LogP contribution in [0.2, 0.25) is 0 Å². The molecule has 0 aliphatic carbocycles. The van der Waals surface area contributed by atoms with Crippen molar-refractivity contribution in [1.82, 2.24) is 5.32 Å². The van der Waals surface area contributed by atoms with Gasteiger partial charge in [-0.1, -0.05) is 6.07 Å². The van der Waals surface area contributed by atoms with E-state index in [2.05, 4.69) is 10.6 Å². The van der Waals surface area contributed by atoms with Crippen LogP contribution >= 0.6 is 12.4 Å². The molecule has 1 amide bonds. The van der Waals surface area contributed by atoms with Crippen LogP contribution in [0.25, 0.3) is 0 Å². The largest absolute Gasteiger partial charge is 0.462 e. The highest BCUT2D eigenvalue weighted by Gasteiger charge is 2.21. The Kier molecular flexibility index (Phi) is 7.14. The molecule has 1 aromatic rings. The Morgan fingerprint density at radius 2 is 2.29 bits per heavy atom. The van der Waals surface area contributed by atoms with Gasteiger partial charge in [-0.25, -0.2) is 4.79 Å². The third-order valence-electron chi connectivity index (χ3n) is 2.86. The van der Waals surface area contributed by atoms with Crippen molar-refractivity contribution in [2.75, 3.05) is 31.6 Å². The number of carbonyl (C=O) groups excluding carboxylic acids is 2. The maximum Gasteiger partial charge on any atom is 0.338 e. The molecule has 1 atom stereocenters. The summed E-state index contributed by atoms with van der Waals surface area (Å²) in [4.78, 5) is 23.6. The molecule has 2 rings (SSSR count). The van der Waals surface area contributed by atoms with E-state index in [4.69, 9.17) is 9.47 Å². The quantitative estimate of drug-likeness (QED) is 0.817. The minimum atomic E-state index is -0.505. The second kappa shape index (κ2) is 8.61. The van der Waals surface area contributed by atoms with E-state index in [1.807, 2.05) is 0 Å². The lowest BCUT2D eigenvalue weighted by Crippen LogP contribution is -2.45. The van der Waals surface area contributed by atoms with E-state index in [-0.39, 0.29) is 18.3 Å². The number of ether oxygens (including phenoxy) is 2. The van der Waals surface area contributed by atoms with Crippen molar-refractivity contribution >= 4 is 30.0 Å². The number of rotatable bonds is 4. The third kappa shape index (κ3) is 5.00. The molecule has 6 nitrogen and oxygen atoms in total. The number of morpholine rings is 1. The van der Waals surface area contributed by atoms with E-state index in [0.29, 0.717) is 31.0 Å². The number of esters is 1. The smallest absolute Gasteiger partial charge is 0.338 e. The number of hydrogen-bond donors (Lipinski definition) is 2. The summed E-state index contributed by atoms with van der Waals surface area (Å²) in [6.45, 7) is 3.82. The van der Waals surface area contributed by atoms with Gasteiger partial charge < -0.3 is 20.1 Å². The van der Waals surface area contributed by atoms with Gasteiger partial charge in [0.15, 0.2) is 0 Å². The summed E-state index contributed by atoms with van der Waals surface area (Å²) in [6.07, 6.45) is -0.505. The van der Waals surface area contributed by atoms with Gasteiger partial charge in [0.1, 0.15) is 6.10 Å². The Bertz CT molecular complexity index is 490. The first-order valence-corrected chi connectivity index (χ1v) is 6.61. The number of halogens is 1. The van der Waals surface area contributed by atoms with Crippen LogP contribution in [-0.4, -0.2) is 44.3 Å². The molecule has 1 saturated heterocycles. The predicted octanol–water partition coefficient (Wildman–Crippen LogP) is 1.21. The summed E-state index contributed by atoms with van der Waals surface area (Å²) < 4.78 is 10.3. The lowest BCUT2D eigenvalue weighted by molar-refractivity contribution is -0.128. The van der Waals surface area contributed by atoms with E-state index in [1.165, 1.54) is 0 Å². The topological polar surface area (TPSA) is 76.7 Å². The second-order valence-corrected chi connectivity index (χ2v) is 4.35. The Morgan fingerprint density at radius 1 is 1.48 bits per heavy atom. The summed E-state index contributed by atoms with van der Waals surface area (Å²) in [5.74, 6) is -0.627. The molecule has 0 bridgehead atoms. The SMILES string of the molecule is CCOC(=O)c1cccc(NC(=O)C2CNCCO2)c1.Cl. The zero-order valence-electron chi connectivity index (χ0n) is 11.8. The van der Waals surface area contributed by atoms with Crippen LogP contribution in [0.15, 0.2) is 24.3 Å². The lowest BCUT2D eigenvalue weighted by Gasteiger charge is -2.22. The van der Waals surface area contributed by atoms with Crippen LogP contribution in [0.1, 0.15) is 17.3 Å². The van der Waals surface area contributed by atoms with Gasteiger partial charge in [0.2, 0.25) is 0 Å². The van der Waals surface area contributed by atoms with Crippen LogP contribution in [0, 0.1) is 0 Å². The van der Waals surface area contributed by atoms with E-state index in [1.54, 1.807) is 31.2 Å². The average molecular weight is 315 g/mol. The predicted molar refractivity (Wildman–Crippen MR) is 80.9 cm³/mol. The molecule has 1 aliphatic heterocycles. The Balaban J connectivity index is 0.00000220. The maximum atomic E-state index is 12.0. The van der Waals surface area contributed by atoms with Crippen molar-refractivity contribution in [3.63, 3.8) is 0 Å². The number of hydrogen-bond acceptors (Lipinski definition) is 5. The summed E-state index contributed by atoms with van der Waals surface area (Å²) in [7, 11) is 0. The lowest BCUT2D eigenvalue weighted by atomic mass is 10.2. The highest BCUT2D eigenvalue weighted by Crippen LogP contribution is 2.13. The van der Waals surface area contributed by atoms with Crippen LogP contribution in [0.5, 0.6) is 0 Å². The minimum absolute atomic E-state index is 0. The van der Waals surface area contributed by atoms with Crippen LogP contribution in [0.4, 0.5) is 5.69 Å². The zero-order chi connectivity index (χ0) is 14.4. The van der Waals surface area contributed by atoms with E-state index >= 15 is 0 Å². The number of carbonyl (C=O) groups is 2. The molecule has 0 radical (unpaired) electrons. The first kappa shape index (κ1) is 17.4. The standard InChI is InChI=1S/C14H18N2O4.ClH/c1-2-19-14(18)10-4-3-5-11(8-10)16-13(17)12-9-15-6-7-20-12;/h3-5,8,12,15H,2,6-7,9H2,1H3,(H,16,17);1H. The molecule has 21 heavy (non-hydrogen) atoms. The van der Waals surface area contributed by atoms with Crippen molar-refractivity contribution in [3.05, 3.63) is 29.8 Å². The first-order valence-electron chi connectivity index (χ1n) is 6.61. The molecule has 1 aliphatic rings. The molecule has 7 heteroatoms. The minimum Gasteiger partial charge on any atom is -0.462 e. The van der Waals surface area contributed by atoms with Crippen LogP contribution in [0.3, 0.4) is 0 Å². The van der Waals surface area contributed by atoms with Crippen molar-refractivity contribution < 1.29 is 19.1 Å². The summed E-state index contributed by atoms with van der Waals surface area (Å²) in [5.41, 5.74) is 0.960. The molecule has 2 N–H and O–H groups in total. The molecule has 0 saturated carbocycles. The molecule has 0 spiro atoms. The molecule has 1 aromatic carbocycles. The number of nitrogens with one attached hydrogen (secondary N) is 2. The summed E-state index contributed by atoms with van der Waals surface area (Å²) >= 11 is 0. The Morgan fingerprint density at radius 3 is 2.95 bits per heavy atom. The van der Waals surface area contributed by atoms with Crippen molar-refractivity contribution in [1.29, 1.82) is 0 Å². The Hall–Kier alpha value is -1.63. The second-order valence-electron chi connectivity index (χ2n) is 4.35. The van der Waals surface area contributed by atoms with E-state index in [9.17, 15) is 9.59 Å². The number of anilines is 1. The molecule has 1 unspecified atom stereocenters. The molecular weight excluding hydrogens is 296 g/mol. The monoisotopic (exact) mass is 314 g/mol. The van der Waals surface area contributed by atoms with E-state index in [0.717, 1.165) is 6.54 Å². The summed E-state index contributed by atoms with van der Waals surface area (Å²) in [6, 6.07) is 6.65. The fourth-order valence-corrected chi connectivity index (χ4v) is 1.89. The molecule has 1 heterocycles. The van der Waals surface area contributed by atoms with Gasteiger partial charge in [0.25, 0.3) is 5.91 Å². The van der Waals surface area contributed by atoms with Crippen molar-refractivity contribution in [2.45, 2.75) is 13.0 Å². The molecular formula is C14H19ClN2O4. The molecule has 1 fully saturated rings. The maximum absolute atomic E-state index is 12.0. The van der Waals surface area contributed by atoms with E-state index < -0.39 is 12.1 Å². The van der Waals surface area contributed by atoms with Gasteiger partial charge in [-0.3, -0.25) is 4.79 Å². The van der Waals surface area contributed by atoms with Crippen LogP contribution in [-0.2, 0) is 14.3 Å². The first-order chi connectivity index (χ1) is 9.70. The Labute approximate surface area is 129 Å². The fourth-order valence-electron chi connectivity index (χ4n) is 1.89. The van der Waals surface area contributed by atoms with Crippen molar-refractivity contribution in [2.24, 2.45) is 0 Å². The van der Waals surface area contributed by atoms with Gasteiger partial charge in [0, 0.05) is 18.8 Å². The van der Waals surface area contributed by atoms with Gasteiger partial charge in [-0.05, 0) is 25.1 Å².